The highest BCUT2D eigenvalue weighted by Gasteiger charge is 2.19. The predicted molar refractivity (Wildman–Crippen MR) is 247 cm³/mol. The Bertz CT molecular complexity index is 942. The summed E-state index contributed by atoms with van der Waals surface area (Å²) in [5, 5.41) is 0. The summed E-state index contributed by atoms with van der Waals surface area (Å²) in [6.45, 7) is 6.61. The van der Waals surface area contributed by atoms with Gasteiger partial charge in [-0.15, -0.1) is 0 Å². The smallest absolute Gasteiger partial charge is 0.306 e. The monoisotopic (exact) mass is 817 g/mol. The van der Waals surface area contributed by atoms with Gasteiger partial charge in [-0.2, -0.15) is 0 Å². The fraction of sp³-hybridized carbons (Fsp3) is 0.865. The second kappa shape index (κ2) is 47.6. The average molecular weight is 817 g/mol. The van der Waals surface area contributed by atoms with Crippen molar-refractivity contribution in [3.8, 4) is 0 Å². The van der Waals surface area contributed by atoms with Gasteiger partial charge in [-0.25, -0.2) is 0 Å². The molecule has 0 aliphatic rings. The number of hydrogen-bond donors (Lipinski definition) is 0. The molecule has 58 heavy (non-hydrogen) atoms. The normalized spacial score (nSPS) is 12.1. The number of allylic oxidation sites excluding steroid dienone is 4. The summed E-state index contributed by atoms with van der Waals surface area (Å²) in [4.78, 5) is 37.9. The van der Waals surface area contributed by atoms with E-state index < -0.39 is 6.10 Å². The zero-order valence-corrected chi connectivity index (χ0v) is 38.8. The molecule has 0 spiro atoms. The lowest BCUT2D eigenvalue weighted by atomic mass is 10.0. The maximum Gasteiger partial charge on any atom is 0.306 e. The first-order valence-electron chi connectivity index (χ1n) is 25.3. The Labute approximate surface area is 360 Å². The summed E-state index contributed by atoms with van der Waals surface area (Å²) in [6.07, 6.45) is 53.0. The lowest BCUT2D eigenvalue weighted by molar-refractivity contribution is -0.167. The number of rotatable bonds is 46. The lowest BCUT2D eigenvalue weighted by Gasteiger charge is -2.18. The van der Waals surface area contributed by atoms with Crippen molar-refractivity contribution in [3.63, 3.8) is 0 Å². The fourth-order valence-corrected chi connectivity index (χ4v) is 7.31. The first-order chi connectivity index (χ1) is 28.5. The van der Waals surface area contributed by atoms with Crippen molar-refractivity contribution in [2.45, 2.75) is 277 Å². The highest BCUT2D eigenvalue weighted by atomic mass is 16.6. The van der Waals surface area contributed by atoms with E-state index in [1.54, 1.807) is 0 Å². The van der Waals surface area contributed by atoms with Crippen molar-refractivity contribution in [2.75, 3.05) is 13.2 Å². The summed E-state index contributed by atoms with van der Waals surface area (Å²) in [5.41, 5.74) is 0. The van der Waals surface area contributed by atoms with E-state index in [0.29, 0.717) is 19.3 Å². The zero-order chi connectivity index (χ0) is 42.3. The summed E-state index contributed by atoms with van der Waals surface area (Å²) in [5.74, 6) is -0.890. The Morgan fingerprint density at radius 1 is 0.328 bits per heavy atom. The van der Waals surface area contributed by atoms with Crippen LogP contribution in [-0.2, 0) is 28.6 Å². The maximum atomic E-state index is 12.8. The number of carbonyl (C=O) groups excluding carboxylic acids is 3. The molecule has 0 aromatic rings. The van der Waals surface area contributed by atoms with Crippen LogP contribution in [0.25, 0.3) is 0 Å². The maximum absolute atomic E-state index is 12.8. The molecule has 6 heteroatoms. The van der Waals surface area contributed by atoms with Crippen LogP contribution in [0.5, 0.6) is 0 Å². The number of esters is 3. The van der Waals surface area contributed by atoms with E-state index in [4.69, 9.17) is 14.2 Å². The molecule has 0 aliphatic heterocycles. The van der Waals surface area contributed by atoms with Crippen LogP contribution >= 0.6 is 0 Å². The summed E-state index contributed by atoms with van der Waals surface area (Å²) in [7, 11) is 0. The first-order valence-corrected chi connectivity index (χ1v) is 25.3. The molecule has 1 unspecified atom stereocenters. The highest BCUT2D eigenvalue weighted by molar-refractivity contribution is 5.71. The van der Waals surface area contributed by atoms with Crippen LogP contribution in [0.3, 0.4) is 0 Å². The fourth-order valence-electron chi connectivity index (χ4n) is 7.31. The van der Waals surface area contributed by atoms with E-state index in [-0.39, 0.29) is 31.1 Å². The molecule has 0 bridgehead atoms. The van der Waals surface area contributed by atoms with Gasteiger partial charge in [0.2, 0.25) is 0 Å². The second-order valence-corrected chi connectivity index (χ2v) is 17.1. The summed E-state index contributed by atoms with van der Waals surface area (Å²) >= 11 is 0. The van der Waals surface area contributed by atoms with Crippen LogP contribution in [0.2, 0.25) is 0 Å². The molecule has 0 fully saturated rings. The van der Waals surface area contributed by atoms with Crippen molar-refractivity contribution in [3.05, 3.63) is 24.3 Å². The van der Waals surface area contributed by atoms with Crippen molar-refractivity contribution in [2.24, 2.45) is 0 Å². The molecule has 340 valence electrons. The Morgan fingerprint density at radius 3 is 0.914 bits per heavy atom. The van der Waals surface area contributed by atoms with E-state index in [1.165, 1.54) is 154 Å². The molecule has 0 aliphatic carbocycles. The van der Waals surface area contributed by atoms with Gasteiger partial charge in [-0.3, -0.25) is 14.4 Å². The summed E-state index contributed by atoms with van der Waals surface area (Å²) in [6, 6.07) is 0. The van der Waals surface area contributed by atoms with E-state index in [1.807, 2.05) is 0 Å². The SMILES string of the molecule is CCCCC/C=C\CCCCCCCC(=O)OCC(COC(=O)CCCCC/C=C\CCCCCCCCC)OC(=O)CCCCCCCCCCCCCCCC. The van der Waals surface area contributed by atoms with E-state index in [0.717, 1.165) is 77.0 Å². The predicted octanol–water partition coefficient (Wildman–Crippen LogP) is 16.4. The highest BCUT2D eigenvalue weighted by Crippen LogP contribution is 2.15. The minimum absolute atomic E-state index is 0.0770. The molecule has 0 radical (unpaired) electrons. The molecule has 1 atom stereocenters. The van der Waals surface area contributed by atoms with Crippen LogP contribution in [0.4, 0.5) is 0 Å². The minimum Gasteiger partial charge on any atom is -0.462 e. The molecule has 0 aromatic carbocycles. The number of unbranched alkanes of at least 4 members (excludes halogenated alkanes) is 31. The van der Waals surface area contributed by atoms with Crippen molar-refractivity contribution in [1.29, 1.82) is 0 Å². The third-order valence-electron chi connectivity index (χ3n) is 11.2. The third-order valence-corrected chi connectivity index (χ3v) is 11.2. The minimum atomic E-state index is -0.774. The Kier molecular flexibility index (Phi) is 45.8. The topological polar surface area (TPSA) is 78.9 Å². The number of ether oxygens (including phenoxy) is 3. The van der Waals surface area contributed by atoms with E-state index in [2.05, 4.69) is 45.1 Å². The molecule has 0 heterocycles. The van der Waals surface area contributed by atoms with Crippen LogP contribution in [0.15, 0.2) is 24.3 Å². The van der Waals surface area contributed by atoms with E-state index in [9.17, 15) is 14.4 Å². The molecular formula is C52H96O6. The van der Waals surface area contributed by atoms with Crippen molar-refractivity contribution < 1.29 is 28.6 Å². The molecule has 0 saturated carbocycles. The van der Waals surface area contributed by atoms with Gasteiger partial charge in [0.15, 0.2) is 6.10 Å². The van der Waals surface area contributed by atoms with E-state index >= 15 is 0 Å². The molecule has 0 N–H and O–H groups in total. The summed E-state index contributed by atoms with van der Waals surface area (Å²) < 4.78 is 16.8. The van der Waals surface area contributed by atoms with Gasteiger partial charge >= 0.3 is 17.9 Å². The van der Waals surface area contributed by atoms with Gasteiger partial charge in [0, 0.05) is 19.3 Å². The standard InChI is InChI=1S/C52H96O6/c1-4-7-10-13-16-19-22-25-27-30-33-36-39-42-45-51(54)57-48-49(47-56-50(53)44-41-38-35-32-29-24-21-18-15-12-9-6-3)58-52(55)46-43-40-37-34-31-28-26-23-20-17-14-11-8-5-2/h18,21,27,30,49H,4-17,19-20,22-26,28-29,31-48H2,1-3H3/b21-18-,30-27-. The van der Waals surface area contributed by atoms with Gasteiger partial charge in [0.1, 0.15) is 13.2 Å². The quantitative estimate of drug-likeness (QED) is 0.0263. The van der Waals surface area contributed by atoms with Crippen LogP contribution < -0.4 is 0 Å². The Morgan fingerprint density at radius 2 is 0.569 bits per heavy atom. The van der Waals surface area contributed by atoms with Gasteiger partial charge in [-0.1, -0.05) is 206 Å². The van der Waals surface area contributed by atoms with Crippen LogP contribution in [-0.4, -0.2) is 37.2 Å². The number of hydrogen-bond acceptors (Lipinski definition) is 6. The van der Waals surface area contributed by atoms with Gasteiger partial charge in [-0.05, 0) is 70.6 Å². The Hall–Kier alpha value is -2.11. The molecule has 0 saturated heterocycles. The zero-order valence-electron chi connectivity index (χ0n) is 38.8. The van der Waals surface area contributed by atoms with Gasteiger partial charge in [0.05, 0.1) is 0 Å². The molecule has 6 nitrogen and oxygen atoms in total. The lowest BCUT2D eigenvalue weighted by Crippen LogP contribution is -2.30. The Balaban J connectivity index is 4.37. The van der Waals surface area contributed by atoms with Crippen LogP contribution in [0, 0.1) is 0 Å². The van der Waals surface area contributed by atoms with Gasteiger partial charge < -0.3 is 14.2 Å². The third kappa shape index (κ3) is 45.0. The number of carbonyl (C=O) groups is 3. The largest absolute Gasteiger partial charge is 0.462 e. The van der Waals surface area contributed by atoms with Crippen molar-refractivity contribution in [1.82, 2.24) is 0 Å². The molecule has 0 amide bonds. The second-order valence-electron chi connectivity index (χ2n) is 17.1. The van der Waals surface area contributed by atoms with Gasteiger partial charge in [0.25, 0.3) is 0 Å². The molecule has 0 rings (SSSR count). The molecular weight excluding hydrogens is 721 g/mol. The van der Waals surface area contributed by atoms with Crippen molar-refractivity contribution >= 4 is 17.9 Å². The van der Waals surface area contributed by atoms with Crippen LogP contribution in [0.1, 0.15) is 271 Å². The average Bonchev–Trinajstić information content (AvgIpc) is 3.22. The molecule has 0 aromatic heterocycles. The first kappa shape index (κ1) is 55.9.